The van der Waals surface area contributed by atoms with E-state index in [1.807, 2.05) is 9.24 Å². The van der Waals surface area contributed by atoms with Crippen LogP contribution in [-0.4, -0.2) is 9.60 Å². The zero-order valence-electron chi connectivity index (χ0n) is 3.88. The normalized spacial score (nSPS) is 11.4. The Morgan fingerprint density at radius 1 is 1.71 bits per heavy atom. The Kier molecular flexibility index (Phi) is 2.65. The molecular formula is C3H7OPS2. The second-order valence-corrected chi connectivity index (χ2v) is 4.05. The standard InChI is InChI=1S/C3H7OPS2/c1-3(6,7)2(4)5/h6-7H,5H2,1H3. The van der Waals surface area contributed by atoms with Crippen LogP contribution >= 0.6 is 34.5 Å². The molecule has 0 aliphatic rings. The van der Waals surface area contributed by atoms with Crippen LogP contribution < -0.4 is 0 Å². The van der Waals surface area contributed by atoms with Crippen molar-refractivity contribution in [3.63, 3.8) is 0 Å². The molecule has 42 valence electrons. The summed E-state index contributed by atoms with van der Waals surface area (Å²) in [5.41, 5.74) is -0.112. The first-order valence-corrected chi connectivity index (χ1v) is 3.16. The quantitative estimate of drug-likeness (QED) is 0.327. The van der Waals surface area contributed by atoms with E-state index in [-0.39, 0.29) is 5.52 Å². The van der Waals surface area contributed by atoms with Gasteiger partial charge >= 0.3 is 0 Å². The highest BCUT2D eigenvalue weighted by atomic mass is 32.2. The van der Waals surface area contributed by atoms with Crippen LogP contribution in [-0.2, 0) is 4.79 Å². The number of carbonyl (C=O) groups excluding carboxylic acids is 1. The largest absolute Gasteiger partial charge is 0.293 e. The van der Waals surface area contributed by atoms with Crippen LogP contribution in [0.15, 0.2) is 0 Å². The van der Waals surface area contributed by atoms with E-state index in [9.17, 15) is 4.79 Å². The van der Waals surface area contributed by atoms with E-state index in [1.54, 1.807) is 6.92 Å². The number of thiol groups is 2. The first kappa shape index (κ1) is 7.80. The Bertz CT molecular complexity index is 85.4. The monoisotopic (exact) mass is 154 g/mol. The van der Waals surface area contributed by atoms with Gasteiger partial charge in [-0.25, -0.2) is 0 Å². The molecule has 0 aromatic heterocycles. The fourth-order valence-corrected chi connectivity index (χ4v) is 0. The minimum atomic E-state index is -0.787. The Hall–Kier alpha value is 0.800. The van der Waals surface area contributed by atoms with E-state index in [4.69, 9.17) is 0 Å². The molecule has 0 saturated heterocycles. The highest BCUT2D eigenvalue weighted by molar-refractivity contribution is 8.03. The Morgan fingerprint density at radius 3 is 1.86 bits per heavy atom. The molecule has 0 aliphatic carbocycles. The SMILES string of the molecule is CC(S)(S)C(=O)P. The molecular weight excluding hydrogens is 147 g/mol. The van der Waals surface area contributed by atoms with Crippen molar-refractivity contribution in [3.05, 3.63) is 0 Å². The number of rotatable bonds is 1. The second-order valence-electron chi connectivity index (χ2n) is 1.39. The lowest BCUT2D eigenvalue weighted by Crippen LogP contribution is -2.14. The molecule has 0 aliphatic heterocycles. The molecule has 1 nitrogen and oxygen atoms in total. The molecule has 0 radical (unpaired) electrons. The predicted octanol–water partition coefficient (Wildman–Crippen LogP) is 0.964. The molecule has 0 heterocycles. The zero-order chi connectivity index (χ0) is 6.08. The van der Waals surface area contributed by atoms with Gasteiger partial charge in [-0.1, -0.05) is 9.24 Å². The van der Waals surface area contributed by atoms with Crippen LogP contribution in [0.1, 0.15) is 6.92 Å². The van der Waals surface area contributed by atoms with E-state index in [0.717, 1.165) is 0 Å². The summed E-state index contributed by atoms with van der Waals surface area (Å²) in [4.78, 5) is 10.3. The molecule has 0 spiro atoms. The van der Waals surface area contributed by atoms with Gasteiger partial charge in [-0.2, -0.15) is 25.3 Å². The van der Waals surface area contributed by atoms with Crippen LogP contribution in [0.3, 0.4) is 0 Å². The first-order valence-electron chi connectivity index (χ1n) is 1.69. The third-order valence-electron chi connectivity index (χ3n) is 0.467. The summed E-state index contributed by atoms with van der Waals surface area (Å²) < 4.78 is -0.787. The van der Waals surface area contributed by atoms with E-state index >= 15 is 0 Å². The maximum atomic E-state index is 10.3. The Balaban J connectivity index is 3.79. The van der Waals surface area contributed by atoms with Gasteiger partial charge in [-0.05, 0) is 6.92 Å². The summed E-state index contributed by atoms with van der Waals surface area (Å²) in [7, 11) is 2.01. The van der Waals surface area contributed by atoms with Gasteiger partial charge in [0.05, 0.1) is 0 Å². The van der Waals surface area contributed by atoms with Gasteiger partial charge < -0.3 is 0 Å². The molecule has 0 aromatic rings. The second kappa shape index (κ2) is 2.38. The van der Waals surface area contributed by atoms with E-state index in [1.165, 1.54) is 0 Å². The van der Waals surface area contributed by atoms with Gasteiger partial charge in [0.1, 0.15) is 4.08 Å². The molecule has 0 amide bonds. The molecule has 0 aromatic carbocycles. The van der Waals surface area contributed by atoms with Gasteiger partial charge in [0, 0.05) is 0 Å². The van der Waals surface area contributed by atoms with Crippen molar-refractivity contribution < 1.29 is 4.79 Å². The fourth-order valence-electron chi connectivity index (χ4n) is 0. The maximum absolute atomic E-state index is 10.3. The van der Waals surface area contributed by atoms with Crippen molar-refractivity contribution in [1.29, 1.82) is 0 Å². The smallest absolute Gasteiger partial charge is 0.173 e. The van der Waals surface area contributed by atoms with Crippen LogP contribution in [0, 0.1) is 0 Å². The zero-order valence-corrected chi connectivity index (χ0v) is 6.82. The summed E-state index contributed by atoms with van der Waals surface area (Å²) in [6, 6.07) is 0. The highest BCUT2D eigenvalue weighted by Gasteiger charge is 2.17. The summed E-state index contributed by atoms with van der Waals surface area (Å²) in [6.07, 6.45) is 0. The Labute approximate surface area is 56.3 Å². The molecule has 0 fully saturated rings. The van der Waals surface area contributed by atoms with Crippen LogP contribution in [0.2, 0.25) is 0 Å². The Morgan fingerprint density at radius 2 is 1.86 bits per heavy atom. The predicted molar refractivity (Wildman–Crippen MR) is 41.1 cm³/mol. The van der Waals surface area contributed by atoms with Gasteiger partial charge in [0.2, 0.25) is 0 Å². The summed E-state index contributed by atoms with van der Waals surface area (Å²) in [5.74, 6) is 0. The van der Waals surface area contributed by atoms with Crippen LogP contribution in [0.25, 0.3) is 0 Å². The van der Waals surface area contributed by atoms with Gasteiger partial charge in [0.25, 0.3) is 0 Å². The minimum Gasteiger partial charge on any atom is -0.293 e. The molecule has 0 saturated carbocycles. The maximum Gasteiger partial charge on any atom is 0.173 e. The summed E-state index contributed by atoms with van der Waals surface area (Å²) in [6.45, 7) is 1.62. The molecule has 4 heteroatoms. The van der Waals surface area contributed by atoms with Crippen molar-refractivity contribution in [2.24, 2.45) is 0 Å². The lowest BCUT2D eigenvalue weighted by molar-refractivity contribution is -0.110. The number of hydrogen-bond donors (Lipinski definition) is 2. The molecule has 0 rings (SSSR count). The van der Waals surface area contributed by atoms with Gasteiger partial charge in [-0.3, -0.25) is 4.79 Å². The average molecular weight is 154 g/mol. The lowest BCUT2D eigenvalue weighted by Gasteiger charge is -2.08. The third-order valence-corrected chi connectivity index (χ3v) is 1.97. The van der Waals surface area contributed by atoms with E-state index < -0.39 is 4.08 Å². The molecule has 0 bridgehead atoms. The van der Waals surface area contributed by atoms with Crippen molar-refractivity contribution in [1.82, 2.24) is 0 Å². The van der Waals surface area contributed by atoms with Crippen molar-refractivity contribution >= 4 is 40.0 Å². The molecule has 7 heavy (non-hydrogen) atoms. The van der Waals surface area contributed by atoms with Crippen molar-refractivity contribution in [2.75, 3.05) is 0 Å². The van der Waals surface area contributed by atoms with Gasteiger partial charge in [0.15, 0.2) is 5.52 Å². The topological polar surface area (TPSA) is 17.1 Å². The molecule has 1 atom stereocenters. The van der Waals surface area contributed by atoms with E-state index in [2.05, 4.69) is 25.3 Å². The third kappa shape index (κ3) is 3.39. The molecule has 1 unspecified atom stereocenters. The number of carbonyl (C=O) groups is 1. The summed E-state index contributed by atoms with van der Waals surface area (Å²) in [5, 5.41) is 0. The molecule has 0 N–H and O–H groups in total. The van der Waals surface area contributed by atoms with Crippen molar-refractivity contribution in [3.8, 4) is 0 Å². The van der Waals surface area contributed by atoms with Crippen LogP contribution in [0.5, 0.6) is 0 Å². The summed E-state index contributed by atoms with van der Waals surface area (Å²) >= 11 is 7.69. The first-order chi connectivity index (χ1) is 2.94. The minimum absolute atomic E-state index is 0.112. The van der Waals surface area contributed by atoms with Crippen LogP contribution in [0.4, 0.5) is 0 Å². The van der Waals surface area contributed by atoms with Gasteiger partial charge in [-0.15, -0.1) is 0 Å². The highest BCUT2D eigenvalue weighted by Crippen LogP contribution is 2.21. The average Bonchev–Trinajstić information content (AvgIpc) is 1.31. The van der Waals surface area contributed by atoms with E-state index in [0.29, 0.717) is 0 Å². The van der Waals surface area contributed by atoms with Crippen molar-refractivity contribution in [2.45, 2.75) is 11.0 Å². The number of hydrogen-bond acceptors (Lipinski definition) is 3. The lowest BCUT2D eigenvalue weighted by atomic mass is 10.5. The fraction of sp³-hybridized carbons (Fsp3) is 0.667.